The standard InChI is InChI=1S/C16H31O2/c1-2-3-4-5-6-7-8-9-10-11-12-13-14-15-16(17)18/h1-15H2,(H,17,18). The summed E-state index contributed by atoms with van der Waals surface area (Å²) >= 11 is 0. The number of carboxylic acids is 1. The molecule has 0 saturated heterocycles. The molecule has 0 aliphatic rings. The van der Waals surface area contributed by atoms with Gasteiger partial charge in [-0.05, 0) is 6.42 Å². The highest BCUT2D eigenvalue weighted by molar-refractivity contribution is 5.66. The van der Waals surface area contributed by atoms with Crippen LogP contribution in [0.15, 0.2) is 0 Å². The highest BCUT2D eigenvalue weighted by Gasteiger charge is 1.96. The van der Waals surface area contributed by atoms with E-state index in [0.717, 1.165) is 19.3 Å². The zero-order valence-corrected chi connectivity index (χ0v) is 12.0. The van der Waals surface area contributed by atoms with Crippen molar-refractivity contribution < 1.29 is 9.90 Å². The van der Waals surface area contributed by atoms with Gasteiger partial charge in [-0.25, -0.2) is 0 Å². The van der Waals surface area contributed by atoms with Gasteiger partial charge in [0.25, 0.3) is 0 Å². The van der Waals surface area contributed by atoms with Gasteiger partial charge in [-0.1, -0.05) is 84.0 Å². The van der Waals surface area contributed by atoms with Gasteiger partial charge < -0.3 is 5.11 Å². The Kier molecular flexibility index (Phi) is 14.1. The first-order valence-corrected chi connectivity index (χ1v) is 7.78. The predicted octanol–water partition coefficient (Wildman–Crippen LogP) is 5.37. The van der Waals surface area contributed by atoms with E-state index in [0.29, 0.717) is 6.42 Å². The minimum Gasteiger partial charge on any atom is -0.481 e. The van der Waals surface area contributed by atoms with Crippen LogP contribution in [0, 0.1) is 6.92 Å². The summed E-state index contributed by atoms with van der Waals surface area (Å²) in [5.74, 6) is -0.658. The maximum absolute atomic E-state index is 10.3. The Morgan fingerprint density at radius 3 is 1.33 bits per heavy atom. The van der Waals surface area contributed by atoms with Crippen molar-refractivity contribution in [1.82, 2.24) is 0 Å². The highest BCUT2D eigenvalue weighted by Crippen LogP contribution is 2.12. The molecule has 0 aromatic heterocycles. The van der Waals surface area contributed by atoms with Crippen molar-refractivity contribution in [3.05, 3.63) is 6.92 Å². The largest absolute Gasteiger partial charge is 0.481 e. The van der Waals surface area contributed by atoms with E-state index >= 15 is 0 Å². The molecule has 18 heavy (non-hydrogen) atoms. The van der Waals surface area contributed by atoms with Crippen molar-refractivity contribution in [1.29, 1.82) is 0 Å². The fourth-order valence-corrected chi connectivity index (χ4v) is 2.22. The van der Waals surface area contributed by atoms with Crippen LogP contribution in [0.4, 0.5) is 0 Å². The van der Waals surface area contributed by atoms with E-state index in [-0.39, 0.29) is 0 Å². The summed E-state index contributed by atoms with van der Waals surface area (Å²) in [6.45, 7) is 3.85. The molecule has 0 aromatic carbocycles. The second kappa shape index (κ2) is 14.5. The predicted molar refractivity (Wildman–Crippen MR) is 77.6 cm³/mol. The van der Waals surface area contributed by atoms with Crippen LogP contribution in [-0.4, -0.2) is 11.1 Å². The second-order valence-corrected chi connectivity index (χ2v) is 5.24. The van der Waals surface area contributed by atoms with Gasteiger partial charge in [-0.15, -0.1) is 0 Å². The van der Waals surface area contributed by atoms with E-state index in [4.69, 9.17) is 5.11 Å². The van der Waals surface area contributed by atoms with Crippen LogP contribution in [0.3, 0.4) is 0 Å². The lowest BCUT2D eigenvalue weighted by Crippen LogP contribution is -1.93. The normalized spacial score (nSPS) is 10.7. The molecule has 0 bridgehead atoms. The van der Waals surface area contributed by atoms with Crippen LogP contribution in [0.2, 0.25) is 0 Å². The number of hydrogen-bond acceptors (Lipinski definition) is 1. The summed E-state index contributed by atoms with van der Waals surface area (Å²) in [5, 5.41) is 8.49. The molecule has 0 amide bonds. The lowest BCUT2D eigenvalue weighted by Gasteiger charge is -2.02. The quantitative estimate of drug-likeness (QED) is 0.424. The fraction of sp³-hybridized carbons (Fsp3) is 0.875. The molecular formula is C16H31O2. The van der Waals surface area contributed by atoms with Crippen molar-refractivity contribution in [2.24, 2.45) is 0 Å². The number of carboxylic acid groups (broad SMARTS) is 1. The molecule has 2 nitrogen and oxygen atoms in total. The number of aliphatic carboxylic acids is 1. The molecule has 107 valence electrons. The van der Waals surface area contributed by atoms with Crippen molar-refractivity contribution in [2.75, 3.05) is 0 Å². The van der Waals surface area contributed by atoms with E-state index in [1.54, 1.807) is 0 Å². The Morgan fingerprint density at radius 2 is 1.00 bits per heavy atom. The Bertz CT molecular complexity index is 178. The molecule has 0 unspecified atom stereocenters. The van der Waals surface area contributed by atoms with E-state index in [2.05, 4.69) is 6.92 Å². The monoisotopic (exact) mass is 255 g/mol. The first-order valence-electron chi connectivity index (χ1n) is 7.78. The second-order valence-electron chi connectivity index (χ2n) is 5.24. The van der Waals surface area contributed by atoms with Crippen LogP contribution in [0.5, 0.6) is 0 Å². The number of carbonyl (C=O) groups is 1. The van der Waals surface area contributed by atoms with Gasteiger partial charge in [0.2, 0.25) is 0 Å². The SMILES string of the molecule is [CH2]CCCCCCCCCCCCCCC(=O)O. The smallest absolute Gasteiger partial charge is 0.303 e. The Labute approximate surface area is 113 Å². The van der Waals surface area contributed by atoms with E-state index in [9.17, 15) is 4.79 Å². The van der Waals surface area contributed by atoms with Gasteiger partial charge in [-0.3, -0.25) is 4.79 Å². The number of rotatable bonds is 14. The van der Waals surface area contributed by atoms with Crippen LogP contribution in [0.1, 0.15) is 89.9 Å². The van der Waals surface area contributed by atoms with Crippen molar-refractivity contribution >= 4 is 5.97 Å². The first kappa shape index (κ1) is 17.5. The summed E-state index contributed by atoms with van der Waals surface area (Å²) in [6, 6.07) is 0. The van der Waals surface area contributed by atoms with Gasteiger partial charge in [-0.2, -0.15) is 0 Å². The topological polar surface area (TPSA) is 37.3 Å². The fourth-order valence-electron chi connectivity index (χ4n) is 2.22. The van der Waals surface area contributed by atoms with E-state index < -0.39 is 5.97 Å². The summed E-state index contributed by atoms with van der Waals surface area (Å²) in [7, 11) is 0. The third kappa shape index (κ3) is 15.5. The molecule has 1 radical (unpaired) electrons. The average Bonchev–Trinajstić information content (AvgIpc) is 2.34. The van der Waals surface area contributed by atoms with Gasteiger partial charge in [0, 0.05) is 6.42 Å². The minimum absolute atomic E-state index is 0.341. The van der Waals surface area contributed by atoms with E-state index in [1.165, 1.54) is 64.2 Å². The van der Waals surface area contributed by atoms with Crippen LogP contribution < -0.4 is 0 Å². The van der Waals surface area contributed by atoms with Crippen molar-refractivity contribution in [3.63, 3.8) is 0 Å². The molecule has 0 heterocycles. The van der Waals surface area contributed by atoms with Crippen LogP contribution in [-0.2, 0) is 4.79 Å². The Balaban J connectivity index is 2.92. The molecule has 0 aliphatic heterocycles. The van der Waals surface area contributed by atoms with Crippen molar-refractivity contribution in [3.8, 4) is 0 Å². The molecule has 0 saturated carbocycles. The maximum Gasteiger partial charge on any atom is 0.303 e. The first-order chi connectivity index (χ1) is 8.77. The van der Waals surface area contributed by atoms with Crippen LogP contribution >= 0.6 is 0 Å². The zero-order chi connectivity index (χ0) is 13.5. The summed E-state index contributed by atoms with van der Waals surface area (Å²) in [5.41, 5.74) is 0. The Morgan fingerprint density at radius 1 is 0.667 bits per heavy atom. The zero-order valence-electron chi connectivity index (χ0n) is 12.0. The third-order valence-corrected chi connectivity index (χ3v) is 3.39. The van der Waals surface area contributed by atoms with Gasteiger partial charge >= 0.3 is 5.97 Å². The molecule has 0 rings (SSSR count). The lowest BCUT2D eigenvalue weighted by molar-refractivity contribution is -0.137. The highest BCUT2D eigenvalue weighted by atomic mass is 16.4. The molecule has 1 N–H and O–H groups in total. The van der Waals surface area contributed by atoms with E-state index in [1.807, 2.05) is 0 Å². The maximum atomic E-state index is 10.3. The summed E-state index contributed by atoms with van der Waals surface area (Å²) < 4.78 is 0. The lowest BCUT2D eigenvalue weighted by atomic mass is 10.0. The molecule has 0 atom stereocenters. The Hall–Kier alpha value is -0.530. The molecule has 0 spiro atoms. The molecule has 2 heteroatoms. The minimum atomic E-state index is -0.658. The average molecular weight is 255 g/mol. The molecule has 0 aliphatic carbocycles. The number of hydrogen-bond donors (Lipinski definition) is 1. The van der Waals surface area contributed by atoms with Crippen LogP contribution in [0.25, 0.3) is 0 Å². The molecule has 0 aromatic rings. The molecular weight excluding hydrogens is 224 g/mol. The third-order valence-electron chi connectivity index (χ3n) is 3.39. The van der Waals surface area contributed by atoms with Gasteiger partial charge in [0.15, 0.2) is 0 Å². The molecule has 0 fully saturated rings. The number of unbranched alkanes of at least 4 members (excludes halogenated alkanes) is 12. The van der Waals surface area contributed by atoms with Gasteiger partial charge in [0.1, 0.15) is 0 Å². The van der Waals surface area contributed by atoms with Crippen molar-refractivity contribution in [2.45, 2.75) is 89.9 Å². The van der Waals surface area contributed by atoms with Gasteiger partial charge in [0.05, 0.1) is 0 Å². The summed E-state index contributed by atoms with van der Waals surface area (Å²) in [6.07, 6.45) is 16.7. The summed E-state index contributed by atoms with van der Waals surface area (Å²) in [4.78, 5) is 10.3.